The number of ether oxygens (including phenoxy) is 1. The minimum absolute atomic E-state index is 0.0137. The van der Waals surface area contributed by atoms with Crippen LogP contribution in [0.15, 0.2) is 0 Å². The Morgan fingerprint density at radius 1 is 1.43 bits per heavy atom. The first-order valence-corrected chi connectivity index (χ1v) is 4.89. The Balaban J connectivity index is 3.64. The van der Waals surface area contributed by atoms with Crippen molar-refractivity contribution in [3.63, 3.8) is 0 Å². The van der Waals surface area contributed by atoms with E-state index in [4.69, 9.17) is 4.74 Å². The molecule has 0 amide bonds. The molecule has 0 rings (SSSR count). The van der Waals surface area contributed by atoms with Gasteiger partial charge in [0.1, 0.15) is 0 Å². The van der Waals surface area contributed by atoms with Gasteiger partial charge in [0.15, 0.2) is 0 Å². The van der Waals surface area contributed by atoms with Crippen molar-refractivity contribution in [3.8, 4) is 0 Å². The molecule has 4 nitrogen and oxygen atoms in total. The summed E-state index contributed by atoms with van der Waals surface area (Å²) in [4.78, 5) is 11.4. The average molecular weight is 200 g/mol. The molecule has 0 saturated carbocycles. The Hall–Kier alpha value is -0.545. The summed E-state index contributed by atoms with van der Waals surface area (Å²) in [5, 5.41) is 20.3. The molecule has 0 aliphatic heterocycles. The molecule has 82 valence electrons. The third kappa shape index (κ3) is 5.24. The maximum absolute atomic E-state index is 11.4. The normalized spacial score (nSPS) is 11.2. The second-order valence-corrected chi connectivity index (χ2v) is 3.95. The monoisotopic (exact) mass is 200 g/mol. The highest BCUT2D eigenvalue weighted by Crippen LogP contribution is 2.21. The molecule has 0 aromatic rings. The molecule has 0 unspecified atom stereocenters. The lowest BCUT2D eigenvalue weighted by molar-refractivity contribution is -0.348. The fraction of sp³-hybridized carbons (Fsp3) is 0.889. The van der Waals surface area contributed by atoms with Crippen molar-refractivity contribution in [1.29, 1.82) is 0 Å². The largest absolute Gasteiger partial charge is 0.893 e. The lowest BCUT2D eigenvalue weighted by atomic mass is 9.85. The summed E-state index contributed by atoms with van der Waals surface area (Å²) in [5.41, 5.74) is -0.478. The van der Waals surface area contributed by atoms with Crippen LogP contribution in [0.3, 0.4) is 0 Å². The highest BCUT2D eigenvalue weighted by molar-refractivity contribution is 6.36. The topological polar surface area (TPSA) is 72.4 Å². The molecule has 0 heterocycles. The summed E-state index contributed by atoms with van der Waals surface area (Å²) < 4.78 is 4.93. The van der Waals surface area contributed by atoms with Gasteiger partial charge in [-0.15, -0.1) is 13.4 Å². The number of rotatable bonds is 6. The summed E-state index contributed by atoms with van der Waals surface area (Å²) in [5.74, 6) is -0.270. The van der Waals surface area contributed by atoms with E-state index in [0.717, 1.165) is 0 Å². The number of carbonyl (C=O) groups is 1. The van der Waals surface area contributed by atoms with Gasteiger partial charge >= 0.3 is 5.97 Å². The Bertz CT molecular complexity index is 180. The fourth-order valence-corrected chi connectivity index (χ4v) is 0.755. The van der Waals surface area contributed by atoms with E-state index in [1.54, 1.807) is 13.8 Å². The number of carbonyl (C=O) groups excluding carboxylic acids is 1. The van der Waals surface area contributed by atoms with Crippen LogP contribution in [0.5, 0.6) is 0 Å². The number of hydrogen-bond acceptors (Lipinski definition) is 4. The molecule has 14 heavy (non-hydrogen) atoms. The Morgan fingerprint density at radius 3 is 2.43 bits per heavy atom. The van der Waals surface area contributed by atoms with Crippen LogP contribution in [0.25, 0.3) is 0 Å². The standard InChI is InChI=1S/C9H17BO4/c1-4-9(2,3)8(11)14-7-5-6-10(12)13/h4-7H2,1-3H3/q-2. The third-order valence-corrected chi connectivity index (χ3v) is 2.25. The van der Waals surface area contributed by atoms with Gasteiger partial charge in [-0.2, -0.15) is 0 Å². The molecular weight excluding hydrogens is 183 g/mol. The molecule has 0 spiro atoms. The molecule has 0 radical (unpaired) electrons. The predicted molar refractivity (Wildman–Crippen MR) is 50.2 cm³/mol. The quantitative estimate of drug-likeness (QED) is 0.331. The van der Waals surface area contributed by atoms with Crippen molar-refractivity contribution in [2.75, 3.05) is 6.61 Å². The maximum Gasteiger partial charge on any atom is 0.311 e. The van der Waals surface area contributed by atoms with Gasteiger partial charge in [-0.1, -0.05) is 6.92 Å². The van der Waals surface area contributed by atoms with Crippen molar-refractivity contribution in [2.45, 2.75) is 39.9 Å². The lowest BCUT2D eigenvalue weighted by Crippen LogP contribution is -2.44. The van der Waals surface area contributed by atoms with Gasteiger partial charge in [-0.25, -0.2) is 0 Å². The van der Waals surface area contributed by atoms with Crippen molar-refractivity contribution in [3.05, 3.63) is 0 Å². The molecule has 0 aromatic carbocycles. The van der Waals surface area contributed by atoms with E-state index in [0.29, 0.717) is 12.8 Å². The highest BCUT2D eigenvalue weighted by Gasteiger charge is 2.26. The van der Waals surface area contributed by atoms with Crippen LogP contribution >= 0.6 is 0 Å². The first kappa shape index (κ1) is 13.5. The molecule has 5 heteroatoms. The predicted octanol–water partition coefficient (Wildman–Crippen LogP) is -0.435. The highest BCUT2D eigenvalue weighted by atomic mass is 16.5. The molecule has 0 saturated heterocycles. The van der Waals surface area contributed by atoms with Crippen molar-refractivity contribution in [1.82, 2.24) is 0 Å². The van der Waals surface area contributed by atoms with E-state index in [9.17, 15) is 14.8 Å². The summed E-state index contributed by atoms with van der Waals surface area (Å²) >= 11 is 0. The van der Waals surface area contributed by atoms with Crippen LogP contribution in [-0.2, 0) is 9.53 Å². The van der Waals surface area contributed by atoms with Crippen LogP contribution in [0.2, 0.25) is 6.32 Å². The molecule has 0 N–H and O–H groups in total. The van der Waals surface area contributed by atoms with Crippen molar-refractivity contribution in [2.24, 2.45) is 5.41 Å². The number of hydrogen-bond donors (Lipinski definition) is 0. The second kappa shape index (κ2) is 6.04. The zero-order valence-electron chi connectivity index (χ0n) is 9.04. The smallest absolute Gasteiger partial charge is 0.311 e. The van der Waals surface area contributed by atoms with Crippen molar-refractivity contribution >= 4 is 13.1 Å². The van der Waals surface area contributed by atoms with E-state index in [1.165, 1.54) is 0 Å². The Kier molecular flexibility index (Phi) is 5.80. The fourth-order valence-electron chi connectivity index (χ4n) is 0.755. The van der Waals surface area contributed by atoms with Crippen molar-refractivity contribution < 1.29 is 19.6 Å². The molecule has 0 aliphatic carbocycles. The number of esters is 1. The first-order valence-electron chi connectivity index (χ1n) is 4.89. The van der Waals surface area contributed by atoms with Gasteiger partial charge in [0.2, 0.25) is 0 Å². The SMILES string of the molecule is CCC(C)(C)C(=O)OCCCB([O-])[O-]. The van der Waals surface area contributed by atoms with Crippen LogP contribution in [0.1, 0.15) is 33.6 Å². The van der Waals surface area contributed by atoms with Crippen LogP contribution in [0, 0.1) is 5.41 Å². The summed E-state index contributed by atoms with van der Waals surface area (Å²) in [6.07, 6.45) is 1.07. The maximum atomic E-state index is 11.4. The summed E-state index contributed by atoms with van der Waals surface area (Å²) in [7, 11) is -1.81. The Morgan fingerprint density at radius 2 is 2.00 bits per heavy atom. The summed E-state index contributed by atoms with van der Waals surface area (Å²) in [6, 6.07) is 0. The van der Waals surface area contributed by atoms with Gasteiger partial charge in [0.05, 0.1) is 12.0 Å². The molecule has 0 aliphatic rings. The average Bonchev–Trinajstić information content (AvgIpc) is 2.11. The van der Waals surface area contributed by atoms with Gasteiger partial charge < -0.3 is 14.8 Å². The minimum Gasteiger partial charge on any atom is -0.893 e. The molecule has 0 bridgehead atoms. The summed E-state index contributed by atoms with van der Waals surface area (Å²) in [6.45, 7) is 5.69. The van der Waals surface area contributed by atoms with Crippen LogP contribution < -0.4 is 10.0 Å². The van der Waals surface area contributed by atoms with E-state index in [2.05, 4.69) is 0 Å². The second-order valence-electron chi connectivity index (χ2n) is 3.95. The molecular formula is C9H17BO4-2. The van der Waals surface area contributed by atoms with E-state index in [-0.39, 0.29) is 18.9 Å². The zero-order valence-corrected chi connectivity index (χ0v) is 9.04. The van der Waals surface area contributed by atoms with E-state index >= 15 is 0 Å². The third-order valence-electron chi connectivity index (χ3n) is 2.25. The van der Waals surface area contributed by atoms with Gasteiger partial charge in [-0.3, -0.25) is 4.79 Å². The molecule has 0 atom stereocenters. The van der Waals surface area contributed by atoms with Gasteiger partial charge in [-0.05, 0) is 26.7 Å². The minimum atomic E-state index is -1.81. The first-order chi connectivity index (χ1) is 6.40. The zero-order chi connectivity index (χ0) is 11.2. The lowest BCUT2D eigenvalue weighted by Gasteiger charge is -2.26. The van der Waals surface area contributed by atoms with Gasteiger partial charge in [0.25, 0.3) is 0 Å². The van der Waals surface area contributed by atoms with E-state index < -0.39 is 12.5 Å². The van der Waals surface area contributed by atoms with Gasteiger partial charge in [0, 0.05) is 0 Å². The van der Waals surface area contributed by atoms with E-state index in [1.807, 2.05) is 6.92 Å². The molecule has 0 aromatic heterocycles. The van der Waals surface area contributed by atoms with Crippen LogP contribution in [0.4, 0.5) is 0 Å². The molecule has 0 fully saturated rings. The Labute approximate surface area is 85.4 Å². The van der Waals surface area contributed by atoms with Crippen LogP contribution in [-0.4, -0.2) is 19.7 Å².